The van der Waals surface area contributed by atoms with Crippen LogP contribution in [0.3, 0.4) is 0 Å². The van der Waals surface area contributed by atoms with Crippen LogP contribution in [-0.4, -0.2) is 44.1 Å². The maximum Gasteiger partial charge on any atom is 0.229 e. The maximum absolute atomic E-state index is 11.8. The molecule has 2 aliphatic heterocycles. The normalized spacial score (nSPS) is 29.1. The number of hydroxylamine groups is 2. The zero-order valence-corrected chi connectivity index (χ0v) is 11.6. The van der Waals surface area contributed by atoms with Gasteiger partial charge in [-0.1, -0.05) is 5.06 Å². The maximum atomic E-state index is 11.8. The molecule has 2 fully saturated rings. The lowest BCUT2D eigenvalue weighted by atomic mass is 9.78. The van der Waals surface area contributed by atoms with E-state index in [1.807, 2.05) is 27.7 Å². The molecular weight excluding hydrogens is 232 g/mol. The summed E-state index contributed by atoms with van der Waals surface area (Å²) in [4.78, 5) is 25.1. The molecule has 0 aliphatic carbocycles. The molecule has 18 heavy (non-hydrogen) atoms. The van der Waals surface area contributed by atoms with Gasteiger partial charge in [0.25, 0.3) is 0 Å². The molecule has 5 nitrogen and oxygen atoms in total. The van der Waals surface area contributed by atoms with Crippen molar-refractivity contribution >= 4 is 11.8 Å². The Bertz CT molecular complexity index is 356. The highest BCUT2D eigenvalue weighted by Crippen LogP contribution is 2.39. The average molecular weight is 255 g/mol. The van der Waals surface area contributed by atoms with Gasteiger partial charge < -0.3 is 5.21 Å². The third-order valence-electron chi connectivity index (χ3n) is 4.14. The second-order valence-corrected chi connectivity index (χ2v) is 6.68. The van der Waals surface area contributed by atoms with Gasteiger partial charge in [0, 0.05) is 18.9 Å². The Morgan fingerprint density at radius 3 is 1.78 bits per heavy atom. The van der Waals surface area contributed by atoms with Crippen molar-refractivity contribution in [1.29, 1.82) is 0 Å². The van der Waals surface area contributed by atoms with Crippen LogP contribution < -0.4 is 0 Å². The first-order valence-corrected chi connectivity index (χ1v) is 6.52. The fraction of sp³-hybridized carbons (Fsp3) is 0.846. The number of carbonyl (C=O) groups is 2. The molecule has 102 valence electrons. The molecule has 2 saturated heterocycles. The van der Waals surface area contributed by atoms with Crippen LogP contribution in [0.1, 0.15) is 53.4 Å². The van der Waals surface area contributed by atoms with Gasteiger partial charge in [-0.15, -0.1) is 0 Å². The van der Waals surface area contributed by atoms with E-state index in [-0.39, 0.29) is 28.9 Å². The van der Waals surface area contributed by atoms with Crippen LogP contribution in [0.5, 0.6) is 0 Å². The molecule has 5 heteroatoms. The first kappa shape index (κ1) is 13.5. The van der Waals surface area contributed by atoms with E-state index in [9.17, 15) is 9.59 Å². The third-order valence-corrected chi connectivity index (χ3v) is 4.14. The minimum Gasteiger partial charge on any atom is -0.338 e. The van der Waals surface area contributed by atoms with Crippen molar-refractivity contribution in [2.45, 2.75) is 70.5 Å². The first-order valence-electron chi connectivity index (χ1n) is 6.52. The Morgan fingerprint density at radius 2 is 1.39 bits per heavy atom. The van der Waals surface area contributed by atoms with Gasteiger partial charge in [0.15, 0.2) is 0 Å². The van der Waals surface area contributed by atoms with E-state index < -0.39 is 0 Å². The van der Waals surface area contributed by atoms with Crippen molar-refractivity contribution in [2.24, 2.45) is 0 Å². The number of carbonyl (C=O) groups excluding carboxylic acids is 2. The van der Waals surface area contributed by atoms with E-state index in [2.05, 4.69) is 0 Å². The summed E-state index contributed by atoms with van der Waals surface area (Å²) < 4.78 is 0. The summed E-state index contributed by atoms with van der Waals surface area (Å²) in [5.74, 6) is -0.0925. The van der Waals surface area contributed by atoms with Crippen LogP contribution in [0.2, 0.25) is 0 Å². The summed E-state index contributed by atoms with van der Waals surface area (Å²) >= 11 is 0. The van der Waals surface area contributed by atoms with E-state index in [0.29, 0.717) is 25.7 Å². The van der Waals surface area contributed by atoms with Gasteiger partial charge in [0.05, 0.1) is 11.1 Å². The van der Waals surface area contributed by atoms with Gasteiger partial charge in [0.2, 0.25) is 11.8 Å². The predicted octanol–water partition coefficient (Wildman–Crippen LogP) is 0.797. The van der Waals surface area contributed by atoms with Gasteiger partial charge in [-0.3, -0.25) is 14.5 Å². The Hall–Kier alpha value is -0.940. The van der Waals surface area contributed by atoms with Crippen molar-refractivity contribution in [1.82, 2.24) is 9.96 Å². The second-order valence-electron chi connectivity index (χ2n) is 6.68. The summed E-state index contributed by atoms with van der Waals surface area (Å²) in [6, 6.07) is -0.0564. The van der Waals surface area contributed by atoms with Crippen molar-refractivity contribution in [3.05, 3.63) is 0 Å². The smallest absolute Gasteiger partial charge is 0.229 e. The molecule has 0 aromatic heterocycles. The van der Waals surface area contributed by atoms with Gasteiger partial charge in [0.1, 0.15) is 0 Å². The Morgan fingerprint density at radius 1 is 1.00 bits per heavy atom. The van der Waals surface area contributed by atoms with Gasteiger partial charge in [-0.25, -0.2) is 0 Å². The molecule has 2 aliphatic rings. The van der Waals surface area contributed by atoms with Crippen LogP contribution >= 0.6 is 0 Å². The molecular formula is C13H23N2O3+. The standard InChI is InChI=1S/C13H22N2O3/c1-12(2)7-9(8-13(3,4)15(12)18)14-10(16)5-6-11(14)17/h9,18H,5-8H2,1-4H3/p+1. The monoisotopic (exact) mass is 255 g/mol. The quantitative estimate of drug-likeness (QED) is 0.514. The first-order chi connectivity index (χ1) is 8.15. The zero-order chi connectivity index (χ0) is 13.7. The summed E-state index contributed by atoms with van der Waals surface area (Å²) in [5, 5.41) is 9.80. The van der Waals surface area contributed by atoms with Crippen LogP contribution in [0.4, 0.5) is 0 Å². The number of piperidine rings is 1. The number of amides is 2. The third kappa shape index (κ3) is 2.06. The average Bonchev–Trinajstić information content (AvgIpc) is 2.54. The van der Waals surface area contributed by atoms with Gasteiger partial charge in [-0.05, 0) is 40.5 Å². The zero-order valence-electron chi connectivity index (χ0n) is 11.6. The minimum atomic E-state index is -0.324. The Kier molecular flexibility index (Phi) is 3.02. The number of rotatable bonds is 1. The van der Waals surface area contributed by atoms with E-state index in [0.717, 1.165) is 0 Å². The Labute approximate surface area is 108 Å². The number of hydrogen-bond acceptors (Lipinski definition) is 3. The lowest BCUT2D eigenvalue weighted by Gasteiger charge is -2.49. The topological polar surface area (TPSA) is 63.5 Å². The van der Waals surface area contributed by atoms with Gasteiger partial charge in [-0.2, -0.15) is 0 Å². The molecule has 0 aromatic rings. The van der Waals surface area contributed by atoms with E-state index in [4.69, 9.17) is 5.21 Å². The highest BCUT2D eigenvalue weighted by Gasteiger charge is 2.52. The lowest BCUT2D eigenvalue weighted by molar-refractivity contribution is -0.250. The number of imide groups is 1. The molecule has 2 rings (SSSR count). The van der Waals surface area contributed by atoms with Crippen molar-refractivity contribution in [2.75, 3.05) is 0 Å². The highest BCUT2D eigenvalue weighted by atomic mass is 16.5. The summed E-state index contributed by atoms with van der Waals surface area (Å²) in [6.45, 7) is 8.00. The van der Waals surface area contributed by atoms with Crippen molar-refractivity contribution in [3.8, 4) is 0 Å². The van der Waals surface area contributed by atoms with Crippen molar-refractivity contribution < 1.29 is 14.8 Å². The van der Waals surface area contributed by atoms with Crippen molar-refractivity contribution in [3.63, 3.8) is 0 Å². The summed E-state index contributed by atoms with van der Waals surface area (Å²) in [5.41, 5.74) is -0.648. The molecule has 2 heterocycles. The molecule has 2 N–H and O–H groups in total. The van der Waals surface area contributed by atoms with Crippen LogP contribution in [0, 0.1) is 0 Å². The molecule has 0 aromatic carbocycles. The fourth-order valence-corrected chi connectivity index (χ4v) is 3.41. The molecule has 0 bridgehead atoms. The minimum absolute atomic E-state index is 0.0463. The number of likely N-dealkylation sites (tertiary alicyclic amines) is 1. The van der Waals surface area contributed by atoms with Gasteiger partial charge >= 0.3 is 0 Å². The molecule has 0 atom stereocenters. The van der Waals surface area contributed by atoms with E-state index >= 15 is 0 Å². The highest BCUT2D eigenvalue weighted by molar-refractivity contribution is 6.02. The second kappa shape index (κ2) is 4.03. The Balaban J connectivity index is 2.26. The molecule has 0 radical (unpaired) electrons. The summed E-state index contributed by atoms with van der Waals surface area (Å²) in [7, 11) is 0. The van der Waals surface area contributed by atoms with Crippen LogP contribution in [0.15, 0.2) is 0 Å². The predicted molar refractivity (Wildman–Crippen MR) is 67.7 cm³/mol. The largest absolute Gasteiger partial charge is 0.338 e. The van der Waals surface area contributed by atoms with E-state index in [1.54, 1.807) is 5.06 Å². The molecule has 0 saturated carbocycles. The number of hydrogen-bond donors (Lipinski definition) is 0. The summed E-state index contributed by atoms with van der Waals surface area (Å²) in [6.07, 6.45) is 2.05. The van der Waals surface area contributed by atoms with Crippen LogP contribution in [-0.2, 0) is 9.59 Å². The SMILES string of the molecule is CC1(C)CC(N2C(=O)CCC2=O)CC(C)(C)N1[OH2+]. The van der Waals surface area contributed by atoms with Crippen LogP contribution in [0.25, 0.3) is 0 Å². The molecule has 0 unspecified atom stereocenters. The molecule has 0 spiro atoms. The molecule has 2 amide bonds. The number of nitrogens with zero attached hydrogens (tertiary/aromatic N) is 2. The van der Waals surface area contributed by atoms with E-state index in [1.165, 1.54) is 4.90 Å². The fourth-order valence-electron chi connectivity index (χ4n) is 3.41. The lowest BCUT2D eigenvalue weighted by Crippen LogP contribution is -2.63.